The van der Waals surface area contributed by atoms with E-state index in [4.69, 9.17) is 5.26 Å². The number of nitriles is 1. The number of para-hydroxylation sites is 1. The monoisotopic (exact) mass is 320 g/mol. The van der Waals surface area contributed by atoms with Crippen LogP contribution in [0.15, 0.2) is 40.9 Å². The maximum atomic E-state index is 13.6. The van der Waals surface area contributed by atoms with Gasteiger partial charge in [-0.2, -0.15) is 5.26 Å². The van der Waals surface area contributed by atoms with Gasteiger partial charge in [-0.3, -0.25) is 0 Å². The molecule has 0 aliphatic heterocycles. The summed E-state index contributed by atoms with van der Waals surface area (Å²) in [5.74, 6) is -0.363. The van der Waals surface area contributed by atoms with Gasteiger partial charge in [0.05, 0.1) is 21.8 Å². The van der Waals surface area contributed by atoms with Gasteiger partial charge in [0.15, 0.2) is 0 Å². The minimum absolute atomic E-state index is 0.129. The van der Waals surface area contributed by atoms with Gasteiger partial charge in [-0.1, -0.05) is 12.1 Å². The van der Waals surface area contributed by atoms with Gasteiger partial charge in [0.25, 0.3) is 0 Å². The predicted octanol–water partition coefficient (Wildman–Crippen LogP) is 3.78. The molecule has 96 valence electrons. The van der Waals surface area contributed by atoms with Crippen molar-refractivity contribution in [3.8, 4) is 11.8 Å². The number of phenols is 1. The molecule has 0 aliphatic carbocycles. The van der Waals surface area contributed by atoms with Crippen LogP contribution in [0.3, 0.4) is 0 Å². The van der Waals surface area contributed by atoms with Crippen LogP contribution >= 0.6 is 15.9 Å². The molecule has 2 N–H and O–H groups in total. The number of halogens is 2. The SMILES string of the molecule is N#Cc1ccc(NCc2cccc(Br)c2O)c(F)c1. The quantitative estimate of drug-likeness (QED) is 0.904. The Balaban J connectivity index is 2.15. The molecular formula is C14H10BrFN2O. The third kappa shape index (κ3) is 3.04. The van der Waals surface area contributed by atoms with Crippen molar-refractivity contribution in [2.45, 2.75) is 6.54 Å². The predicted molar refractivity (Wildman–Crippen MR) is 74.2 cm³/mol. The van der Waals surface area contributed by atoms with Crippen LogP contribution in [0.2, 0.25) is 0 Å². The summed E-state index contributed by atoms with van der Waals surface area (Å²) in [6.45, 7) is 0.286. The second-order valence-corrected chi connectivity index (χ2v) is 4.76. The van der Waals surface area contributed by atoms with Crippen LogP contribution in [-0.4, -0.2) is 5.11 Å². The average Bonchev–Trinajstić information content (AvgIpc) is 2.41. The smallest absolute Gasteiger partial charge is 0.147 e. The zero-order valence-electron chi connectivity index (χ0n) is 9.82. The molecule has 2 aromatic rings. The molecule has 5 heteroatoms. The van der Waals surface area contributed by atoms with Crippen molar-refractivity contribution in [1.82, 2.24) is 0 Å². The number of rotatable bonds is 3. The molecule has 0 bridgehead atoms. The topological polar surface area (TPSA) is 56.0 Å². The largest absolute Gasteiger partial charge is 0.506 e. The summed E-state index contributed by atoms with van der Waals surface area (Å²) < 4.78 is 14.2. The van der Waals surface area contributed by atoms with Crippen LogP contribution in [0, 0.1) is 17.1 Å². The molecule has 3 nitrogen and oxygen atoms in total. The number of nitrogens with zero attached hydrogens (tertiary/aromatic N) is 1. The summed E-state index contributed by atoms with van der Waals surface area (Å²) in [5, 5.41) is 21.3. The summed E-state index contributed by atoms with van der Waals surface area (Å²) in [7, 11) is 0. The lowest BCUT2D eigenvalue weighted by Crippen LogP contribution is -2.02. The van der Waals surface area contributed by atoms with Crippen molar-refractivity contribution in [3.05, 3.63) is 57.8 Å². The summed E-state index contributed by atoms with van der Waals surface area (Å²) in [5.41, 5.74) is 1.21. The maximum absolute atomic E-state index is 13.6. The highest BCUT2D eigenvalue weighted by Gasteiger charge is 2.07. The van der Waals surface area contributed by atoms with E-state index in [1.807, 2.05) is 6.07 Å². The maximum Gasteiger partial charge on any atom is 0.147 e. The molecular weight excluding hydrogens is 311 g/mol. The molecule has 0 atom stereocenters. The Morgan fingerprint density at radius 2 is 2.11 bits per heavy atom. The number of hydrogen-bond donors (Lipinski definition) is 2. The highest BCUT2D eigenvalue weighted by molar-refractivity contribution is 9.10. The summed E-state index contributed by atoms with van der Waals surface area (Å²) in [4.78, 5) is 0. The molecule has 0 saturated carbocycles. The number of anilines is 1. The second kappa shape index (κ2) is 5.72. The molecule has 0 saturated heterocycles. The fraction of sp³-hybridized carbons (Fsp3) is 0.0714. The van der Waals surface area contributed by atoms with Crippen LogP contribution in [0.1, 0.15) is 11.1 Å². The van der Waals surface area contributed by atoms with E-state index in [0.29, 0.717) is 15.7 Å². The van der Waals surface area contributed by atoms with Crippen LogP contribution in [0.25, 0.3) is 0 Å². The first-order valence-electron chi connectivity index (χ1n) is 5.51. The molecule has 2 rings (SSSR count). The van der Waals surface area contributed by atoms with E-state index in [2.05, 4.69) is 21.2 Å². The Morgan fingerprint density at radius 3 is 2.79 bits per heavy atom. The van der Waals surface area contributed by atoms with Gasteiger partial charge < -0.3 is 10.4 Å². The summed E-state index contributed by atoms with van der Waals surface area (Å²) in [6, 6.07) is 11.3. The highest BCUT2D eigenvalue weighted by atomic mass is 79.9. The van der Waals surface area contributed by atoms with E-state index in [-0.39, 0.29) is 17.9 Å². The Bertz CT molecular complexity index is 652. The Labute approximate surface area is 118 Å². The van der Waals surface area contributed by atoms with Crippen LogP contribution < -0.4 is 5.32 Å². The normalized spacial score (nSPS) is 9.95. The van der Waals surface area contributed by atoms with E-state index in [0.717, 1.165) is 0 Å². The first-order valence-corrected chi connectivity index (χ1v) is 6.31. The molecule has 0 spiro atoms. The van der Waals surface area contributed by atoms with Gasteiger partial charge in [0, 0.05) is 12.1 Å². The average molecular weight is 321 g/mol. The van der Waals surface area contributed by atoms with Crippen molar-refractivity contribution in [1.29, 1.82) is 5.26 Å². The van der Waals surface area contributed by atoms with Crippen molar-refractivity contribution < 1.29 is 9.50 Å². The fourth-order valence-electron chi connectivity index (χ4n) is 1.62. The minimum atomic E-state index is -0.492. The van der Waals surface area contributed by atoms with Gasteiger partial charge in [-0.05, 0) is 40.2 Å². The molecule has 0 heterocycles. The lowest BCUT2D eigenvalue weighted by atomic mass is 10.2. The molecule has 0 amide bonds. The third-order valence-corrected chi connectivity index (χ3v) is 3.28. The van der Waals surface area contributed by atoms with Gasteiger partial charge in [-0.15, -0.1) is 0 Å². The van der Waals surface area contributed by atoms with E-state index >= 15 is 0 Å². The molecule has 19 heavy (non-hydrogen) atoms. The summed E-state index contributed by atoms with van der Waals surface area (Å²) in [6.07, 6.45) is 0. The number of hydrogen-bond acceptors (Lipinski definition) is 3. The number of phenolic OH excluding ortho intramolecular Hbond substituents is 1. The Hall–Kier alpha value is -2.06. The lowest BCUT2D eigenvalue weighted by molar-refractivity contribution is 0.465. The standard InChI is InChI=1S/C14H10BrFN2O/c15-11-3-1-2-10(14(11)19)8-18-13-5-4-9(7-17)6-12(13)16/h1-6,18-19H,8H2. The first-order chi connectivity index (χ1) is 9.11. The second-order valence-electron chi connectivity index (χ2n) is 3.91. The van der Waals surface area contributed by atoms with Crippen LogP contribution in [0.5, 0.6) is 5.75 Å². The number of benzene rings is 2. The Kier molecular flexibility index (Phi) is 4.03. The van der Waals surface area contributed by atoms with Gasteiger partial charge in [0.1, 0.15) is 11.6 Å². The van der Waals surface area contributed by atoms with E-state index in [9.17, 15) is 9.50 Å². The van der Waals surface area contributed by atoms with Gasteiger partial charge >= 0.3 is 0 Å². The van der Waals surface area contributed by atoms with Gasteiger partial charge in [0.2, 0.25) is 0 Å². The molecule has 2 aromatic carbocycles. The minimum Gasteiger partial charge on any atom is -0.506 e. The lowest BCUT2D eigenvalue weighted by Gasteiger charge is -2.10. The molecule has 0 radical (unpaired) electrons. The van der Waals surface area contributed by atoms with E-state index < -0.39 is 5.82 Å². The molecule has 0 unspecified atom stereocenters. The van der Waals surface area contributed by atoms with E-state index in [1.165, 1.54) is 18.2 Å². The fourth-order valence-corrected chi connectivity index (χ4v) is 2.03. The van der Waals surface area contributed by atoms with Crippen molar-refractivity contribution in [2.75, 3.05) is 5.32 Å². The summed E-state index contributed by atoms with van der Waals surface area (Å²) >= 11 is 3.22. The first kappa shape index (κ1) is 13.4. The van der Waals surface area contributed by atoms with Crippen LogP contribution in [0.4, 0.5) is 10.1 Å². The third-order valence-electron chi connectivity index (χ3n) is 2.64. The van der Waals surface area contributed by atoms with Crippen molar-refractivity contribution >= 4 is 21.6 Å². The van der Waals surface area contributed by atoms with Crippen molar-refractivity contribution in [2.24, 2.45) is 0 Å². The number of nitrogens with one attached hydrogen (secondary N) is 1. The van der Waals surface area contributed by atoms with Crippen LogP contribution in [-0.2, 0) is 6.54 Å². The highest BCUT2D eigenvalue weighted by Crippen LogP contribution is 2.28. The Morgan fingerprint density at radius 1 is 1.32 bits per heavy atom. The molecule has 0 aliphatic rings. The zero-order chi connectivity index (χ0) is 13.8. The van der Waals surface area contributed by atoms with Gasteiger partial charge in [-0.25, -0.2) is 4.39 Å². The molecule has 0 aromatic heterocycles. The molecule has 0 fully saturated rings. The van der Waals surface area contributed by atoms with Crippen molar-refractivity contribution in [3.63, 3.8) is 0 Å². The van der Waals surface area contributed by atoms with E-state index in [1.54, 1.807) is 18.2 Å². The zero-order valence-corrected chi connectivity index (χ0v) is 11.4. The number of aromatic hydroxyl groups is 1.